The molecule has 1 heterocycles. The van der Waals surface area contributed by atoms with Crippen molar-refractivity contribution in [3.8, 4) is 0 Å². The number of halogens is 1. The summed E-state index contributed by atoms with van der Waals surface area (Å²) in [6.07, 6.45) is 1.12. The molecule has 1 aliphatic heterocycles. The molecule has 0 bridgehead atoms. The van der Waals surface area contributed by atoms with E-state index in [1.165, 1.54) is 6.07 Å². The van der Waals surface area contributed by atoms with Crippen molar-refractivity contribution in [3.63, 3.8) is 0 Å². The molecule has 14 heavy (non-hydrogen) atoms. The fraction of sp³-hybridized carbons (Fsp3) is 0.300. The average molecular weight is 194 g/mol. The Balaban J connectivity index is 2.28. The summed E-state index contributed by atoms with van der Waals surface area (Å²) in [5, 5.41) is 2.71. The van der Waals surface area contributed by atoms with Gasteiger partial charge in [0.25, 0.3) is 0 Å². The lowest BCUT2D eigenvalue weighted by molar-refractivity contribution is -0.119. The van der Waals surface area contributed by atoms with Gasteiger partial charge < -0.3 is 11.1 Å². The normalized spacial score (nSPS) is 20.9. The Morgan fingerprint density at radius 2 is 2.29 bits per heavy atom. The quantitative estimate of drug-likeness (QED) is 0.663. The third-order valence-corrected chi connectivity index (χ3v) is 2.40. The molecular weight excluding hydrogens is 183 g/mol. The van der Waals surface area contributed by atoms with Crippen LogP contribution in [0.5, 0.6) is 0 Å². The van der Waals surface area contributed by atoms with Gasteiger partial charge in [-0.15, -0.1) is 0 Å². The zero-order valence-corrected chi connectivity index (χ0v) is 7.59. The Hall–Kier alpha value is -1.58. The van der Waals surface area contributed by atoms with Gasteiger partial charge >= 0.3 is 0 Å². The zero-order chi connectivity index (χ0) is 10.1. The van der Waals surface area contributed by atoms with Crippen molar-refractivity contribution in [2.45, 2.75) is 18.9 Å². The second kappa shape index (κ2) is 3.29. The van der Waals surface area contributed by atoms with Gasteiger partial charge in [-0.1, -0.05) is 6.07 Å². The van der Waals surface area contributed by atoms with Crippen molar-refractivity contribution >= 4 is 11.6 Å². The molecule has 0 unspecified atom stereocenters. The second-order valence-corrected chi connectivity index (χ2v) is 3.44. The number of benzene rings is 1. The fourth-order valence-corrected chi connectivity index (χ4v) is 1.67. The van der Waals surface area contributed by atoms with Crippen molar-refractivity contribution in [2.75, 3.05) is 5.73 Å². The van der Waals surface area contributed by atoms with E-state index in [1.54, 1.807) is 12.1 Å². The van der Waals surface area contributed by atoms with E-state index in [0.29, 0.717) is 24.1 Å². The van der Waals surface area contributed by atoms with Crippen molar-refractivity contribution in [2.24, 2.45) is 0 Å². The lowest BCUT2D eigenvalue weighted by Gasteiger charge is -2.11. The van der Waals surface area contributed by atoms with Crippen LogP contribution in [-0.2, 0) is 4.79 Å². The highest BCUT2D eigenvalue weighted by Crippen LogP contribution is 2.26. The third-order valence-electron chi connectivity index (χ3n) is 2.40. The van der Waals surface area contributed by atoms with Crippen LogP contribution in [0.4, 0.5) is 10.1 Å². The van der Waals surface area contributed by atoms with Crippen LogP contribution in [0.25, 0.3) is 0 Å². The molecule has 2 rings (SSSR count). The number of hydrogen-bond donors (Lipinski definition) is 2. The number of anilines is 1. The van der Waals surface area contributed by atoms with E-state index in [-0.39, 0.29) is 17.8 Å². The molecule has 3 nitrogen and oxygen atoms in total. The molecule has 4 heteroatoms. The summed E-state index contributed by atoms with van der Waals surface area (Å²) in [4.78, 5) is 10.9. The molecule has 0 aromatic heterocycles. The van der Waals surface area contributed by atoms with E-state index in [9.17, 15) is 9.18 Å². The molecular formula is C10H11FN2O. The minimum atomic E-state index is -0.350. The van der Waals surface area contributed by atoms with E-state index >= 15 is 0 Å². The van der Waals surface area contributed by atoms with Crippen LogP contribution >= 0.6 is 0 Å². The summed E-state index contributed by atoms with van der Waals surface area (Å²) in [5.74, 6) is -0.372. The number of nitrogens with two attached hydrogens (primary N) is 1. The third kappa shape index (κ3) is 1.55. The smallest absolute Gasteiger partial charge is 0.220 e. The number of amides is 1. The number of nitrogens with one attached hydrogen (secondary N) is 1. The van der Waals surface area contributed by atoms with E-state index in [2.05, 4.69) is 5.32 Å². The minimum absolute atomic E-state index is 0.0220. The van der Waals surface area contributed by atoms with Crippen LogP contribution in [0.1, 0.15) is 24.4 Å². The highest BCUT2D eigenvalue weighted by Gasteiger charge is 2.24. The lowest BCUT2D eigenvalue weighted by Crippen LogP contribution is -2.19. The maximum atomic E-state index is 13.4. The van der Waals surface area contributed by atoms with Crippen LogP contribution in [0.2, 0.25) is 0 Å². The Kier molecular flexibility index (Phi) is 2.11. The second-order valence-electron chi connectivity index (χ2n) is 3.44. The van der Waals surface area contributed by atoms with Crippen LogP contribution in [0, 0.1) is 5.82 Å². The van der Waals surface area contributed by atoms with E-state index < -0.39 is 0 Å². The maximum Gasteiger partial charge on any atom is 0.220 e. The summed E-state index contributed by atoms with van der Waals surface area (Å²) in [6.45, 7) is 0. The van der Waals surface area contributed by atoms with Crippen molar-refractivity contribution in [1.82, 2.24) is 5.32 Å². The standard InChI is InChI=1S/C10H11FN2O/c11-8-5-6(12)1-2-7(8)9-3-4-10(14)13-9/h1-2,5,9H,3-4,12H2,(H,13,14)/t9-/m1/s1. The maximum absolute atomic E-state index is 13.4. The Bertz CT molecular complexity index is 378. The fourth-order valence-electron chi connectivity index (χ4n) is 1.67. The van der Waals surface area contributed by atoms with E-state index in [0.717, 1.165) is 0 Å². The molecule has 0 aliphatic carbocycles. The SMILES string of the molecule is Nc1ccc([C@H]2CCC(=O)N2)c(F)c1. The highest BCUT2D eigenvalue weighted by molar-refractivity contribution is 5.78. The minimum Gasteiger partial charge on any atom is -0.399 e. The number of nitrogen functional groups attached to an aromatic ring is 1. The lowest BCUT2D eigenvalue weighted by atomic mass is 10.0. The largest absolute Gasteiger partial charge is 0.399 e. The number of carbonyl (C=O) groups is 1. The van der Waals surface area contributed by atoms with E-state index in [1.807, 2.05) is 0 Å². The van der Waals surface area contributed by atoms with Crippen LogP contribution in [0.3, 0.4) is 0 Å². The summed E-state index contributed by atoms with van der Waals surface area (Å²) < 4.78 is 13.4. The van der Waals surface area contributed by atoms with Gasteiger partial charge in [0.2, 0.25) is 5.91 Å². The molecule has 1 atom stereocenters. The predicted octanol–water partition coefficient (Wildman–Crippen LogP) is 1.36. The number of rotatable bonds is 1. The first-order chi connectivity index (χ1) is 6.66. The molecule has 1 aliphatic rings. The van der Waals surface area contributed by atoms with Gasteiger partial charge in [0.1, 0.15) is 5.82 Å². The average Bonchev–Trinajstić information content (AvgIpc) is 2.51. The van der Waals surface area contributed by atoms with Gasteiger partial charge in [-0.05, 0) is 18.6 Å². The summed E-state index contributed by atoms with van der Waals surface area (Å²) in [6, 6.07) is 4.35. The monoisotopic (exact) mass is 194 g/mol. The van der Waals surface area contributed by atoms with Gasteiger partial charge in [0.15, 0.2) is 0 Å². The summed E-state index contributed by atoms with van der Waals surface area (Å²) in [7, 11) is 0. The number of hydrogen-bond acceptors (Lipinski definition) is 2. The highest BCUT2D eigenvalue weighted by atomic mass is 19.1. The molecule has 1 saturated heterocycles. The van der Waals surface area contributed by atoms with Crippen molar-refractivity contribution in [3.05, 3.63) is 29.6 Å². The van der Waals surface area contributed by atoms with Gasteiger partial charge in [-0.3, -0.25) is 4.79 Å². The van der Waals surface area contributed by atoms with Gasteiger partial charge in [-0.25, -0.2) is 4.39 Å². The summed E-state index contributed by atoms with van der Waals surface area (Å²) >= 11 is 0. The van der Waals surface area contributed by atoms with Crippen LogP contribution < -0.4 is 11.1 Å². The molecule has 0 saturated carbocycles. The Morgan fingerprint density at radius 1 is 1.50 bits per heavy atom. The number of carbonyl (C=O) groups excluding carboxylic acids is 1. The Labute approximate surface area is 81.1 Å². The van der Waals surface area contributed by atoms with Gasteiger partial charge in [-0.2, -0.15) is 0 Å². The molecule has 1 aromatic rings. The molecule has 1 aromatic carbocycles. The Morgan fingerprint density at radius 3 is 2.86 bits per heavy atom. The molecule has 3 N–H and O–H groups in total. The first-order valence-corrected chi connectivity index (χ1v) is 4.51. The van der Waals surface area contributed by atoms with Crippen LogP contribution in [0.15, 0.2) is 18.2 Å². The van der Waals surface area contributed by atoms with Crippen molar-refractivity contribution in [1.29, 1.82) is 0 Å². The van der Waals surface area contributed by atoms with Crippen molar-refractivity contribution < 1.29 is 9.18 Å². The topological polar surface area (TPSA) is 55.1 Å². The molecule has 1 fully saturated rings. The van der Waals surface area contributed by atoms with E-state index in [4.69, 9.17) is 5.73 Å². The molecule has 74 valence electrons. The van der Waals surface area contributed by atoms with Gasteiger partial charge in [0, 0.05) is 17.7 Å². The zero-order valence-electron chi connectivity index (χ0n) is 7.59. The first kappa shape index (κ1) is 8.99. The van der Waals surface area contributed by atoms with Crippen LogP contribution in [-0.4, -0.2) is 5.91 Å². The predicted molar refractivity (Wildman–Crippen MR) is 50.9 cm³/mol. The molecule has 0 spiro atoms. The van der Waals surface area contributed by atoms with Gasteiger partial charge in [0.05, 0.1) is 6.04 Å². The molecule has 1 amide bonds. The first-order valence-electron chi connectivity index (χ1n) is 4.51. The molecule has 0 radical (unpaired) electrons. The summed E-state index contributed by atoms with van der Waals surface area (Å²) in [5.41, 5.74) is 6.34.